The molecule has 2 N–H and O–H groups in total. The molecule has 3 heterocycles. The lowest BCUT2D eigenvalue weighted by Gasteiger charge is -2.10. The summed E-state index contributed by atoms with van der Waals surface area (Å²) in [6, 6.07) is 6.47. The number of aromatic amines is 1. The van der Waals surface area contributed by atoms with E-state index < -0.39 is 5.82 Å². The fourth-order valence-corrected chi connectivity index (χ4v) is 3.53. The Kier molecular flexibility index (Phi) is 4.65. The van der Waals surface area contributed by atoms with Gasteiger partial charge in [0.2, 0.25) is 0 Å². The van der Waals surface area contributed by atoms with Gasteiger partial charge in [0.1, 0.15) is 17.4 Å². The lowest BCUT2D eigenvalue weighted by molar-refractivity contribution is 0.102. The number of halogens is 1. The van der Waals surface area contributed by atoms with Crippen LogP contribution in [-0.2, 0) is 6.42 Å². The van der Waals surface area contributed by atoms with Crippen LogP contribution in [0.1, 0.15) is 34.6 Å². The molecule has 4 aromatic rings. The molecule has 1 fully saturated rings. The Morgan fingerprint density at radius 2 is 2.19 bits per heavy atom. The minimum atomic E-state index is -0.435. The number of methoxy groups -OCH3 is 1. The van der Waals surface area contributed by atoms with Gasteiger partial charge in [0.25, 0.3) is 5.91 Å². The molecule has 3 aromatic heterocycles. The number of rotatable bonds is 6. The van der Waals surface area contributed by atoms with Gasteiger partial charge in [0.05, 0.1) is 36.1 Å². The minimum Gasteiger partial charge on any atom is -0.495 e. The number of fused-ring (bicyclic) bond motifs is 1. The second kappa shape index (κ2) is 7.50. The molecule has 8 nitrogen and oxygen atoms in total. The van der Waals surface area contributed by atoms with Gasteiger partial charge in [0, 0.05) is 12.1 Å². The number of aryl methyl sites for hydroxylation is 1. The summed E-state index contributed by atoms with van der Waals surface area (Å²) in [4.78, 5) is 17.4. The van der Waals surface area contributed by atoms with Gasteiger partial charge >= 0.3 is 0 Å². The predicted molar refractivity (Wildman–Crippen MR) is 113 cm³/mol. The molecule has 0 spiro atoms. The Balaban J connectivity index is 1.43. The number of benzene rings is 1. The highest BCUT2D eigenvalue weighted by atomic mass is 19.1. The molecule has 0 unspecified atom stereocenters. The minimum absolute atomic E-state index is 0.240. The van der Waals surface area contributed by atoms with Crippen molar-refractivity contribution >= 4 is 17.1 Å². The van der Waals surface area contributed by atoms with Gasteiger partial charge in [-0.15, -0.1) is 0 Å². The largest absolute Gasteiger partial charge is 0.495 e. The first kappa shape index (κ1) is 19.2. The monoisotopic (exact) mass is 420 g/mol. The van der Waals surface area contributed by atoms with Crippen LogP contribution in [0.15, 0.2) is 36.7 Å². The molecule has 9 heteroatoms. The number of carbonyl (C=O) groups excluding carboxylic acids is 1. The van der Waals surface area contributed by atoms with Crippen LogP contribution >= 0.6 is 0 Å². The number of nitrogens with one attached hydrogen (secondary N) is 2. The van der Waals surface area contributed by atoms with E-state index in [1.807, 2.05) is 0 Å². The Labute approximate surface area is 177 Å². The molecular weight excluding hydrogens is 399 g/mol. The summed E-state index contributed by atoms with van der Waals surface area (Å²) >= 11 is 0. The number of H-pyrrole nitrogens is 1. The van der Waals surface area contributed by atoms with Crippen LogP contribution in [-0.4, -0.2) is 37.8 Å². The molecule has 158 valence electrons. The van der Waals surface area contributed by atoms with Gasteiger partial charge in [-0.05, 0) is 55.5 Å². The van der Waals surface area contributed by atoms with E-state index in [4.69, 9.17) is 4.74 Å². The molecule has 0 radical (unpaired) electrons. The Bertz CT molecular complexity index is 1290. The maximum Gasteiger partial charge on any atom is 0.259 e. The Morgan fingerprint density at radius 1 is 1.35 bits per heavy atom. The van der Waals surface area contributed by atoms with Crippen LogP contribution in [0.4, 0.5) is 10.1 Å². The van der Waals surface area contributed by atoms with Crippen LogP contribution < -0.4 is 10.1 Å². The molecule has 1 saturated carbocycles. The number of pyridine rings is 1. The first-order valence-corrected chi connectivity index (χ1v) is 10.1. The lowest BCUT2D eigenvalue weighted by atomic mass is 10.1. The molecule has 5 rings (SSSR count). The molecule has 0 atom stereocenters. The number of hydrogen-bond donors (Lipinski definition) is 2. The Hall–Kier alpha value is -3.75. The fourth-order valence-electron chi connectivity index (χ4n) is 3.53. The molecule has 1 amide bonds. The molecule has 1 aliphatic rings. The number of carbonyl (C=O) groups is 1. The summed E-state index contributed by atoms with van der Waals surface area (Å²) in [5.74, 6) is 1.54. The third-order valence-corrected chi connectivity index (χ3v) is 5.48. The van der Waals surface area contributed by atoms with Crippen LogP contribution in [0.25, 0.3) is 16.9 Å². The molecule has 31 heavy (non-hydrogen) atoms. The van der Waals surface area contributed by atoms with E-state index in [1.165, 1.54) is 25.1 Å². The van der Waals surface area contributed by atoms with Crippen LogP contribution in [0.2, 0.25) is 0 Å². The molecule has 0 saturated heterocycles. The SMILES string of the molecule is COc1ccc2c(C(=O)Nc3cc(-c4n[nH]c(CC5CC5)n4)c(F)cc3C)cnn2c1. The van der Waals surface area contributed by atoms with Gasteiger partial charge in [-0.1, -0.05) is 0 Å². The standard InChI is InChI=1S/C22H21FN6O2/c1-12-7-17(23)15(21-26-20(27-28-21)8-13-3-4-13)9-18(12)25-22(30)16-10-24-29-11-14(31-2)5-6-19(16)29/h5-7,9-11,13H,3-4,8H2,1-2H3,(H,25,30)(H,26,27,28). The van der Waals surface area contributed by atoms with E-state index in [0.29, 0.717) is 34.0 Å². The number of ether oxygens (including phenoxy) is 1. The predicted octanol–water partition coefficient (Wildman–Crippen LogP) is 3.78. The van der Waals surface area contributed by atoms with Crippen LogP contribution in [0, 0.1) is 18.7 Å². The topological polar surface area (TPSA) is 97.2 Å². The van der Waals surface area contributed by atoms with Crippen molar-refractivity contribution < 1.29 is 13.9 Å². The second-order valence-electron chi connectivity index (χ2n) is 7.81. The van der Waals surface area contributed by atoms with Gasteiger partial charge in [0.15, 0.2) is 5.82 Å². The number of aromatic nitrogens is 5. The number of anilines is 1. The zero-order valence-corrected chi connectivity index (χ0v) is 17.1. The third kappa shape index (κ3) is 3.74. The van der Waals surface area contributed by atoms with Crippen molar-refractivity contribution in [2.75, 3.05) is 12.4 Å². The van der Waals surface area contributed by atoms with Crippen molar-refractivity contribution in [3.8, 4) is 17.1 Å². The molecular formula is C22H21FN6O2. The van der Waals surface area contributed by atoms with E-state index in [2.05, 4.69) is 25.6 Å². The van der Waals surface area contributed by atoms with Gasteiger partial charge in [-0.3, -0.25) is 9.89 Å². The quantitative estimate of drug-likeness (QED) is 0.495. The zero-order chi connectivity index (χ0) is 21.5. The number of amides is 1. The first-order chi connectivity index (χ1) is 15.0. The van der Waals surface area contributed by atoms with E-state index in [0.717, 1.165) is 12.2 Å². The van der Waals surface area contributed by atoms with Crippen molar-refractivity contribution in [1.29, 1.82) is 0 Å². The van der Waals surface area contributed by atoms with Crippen LogP contribution in [0.3, 0.4) is 0 Å². The van der Waals surface area contributed by atoms with Gasteiger partial charge in [-0.25, -0.2) is 13.9 Å². The maximum atomic E-state index is 14.7. The smallest absolute Gasteiger partial charge is 0.259 e. The zero-order valence-electron chi connectivity index (χ0n) is 17.1. The highest BCUT2D eigenvalue weighted by Gasteiger charge is 2.24. The molecule has 1 aliphatic carbocycles. The van der Waals surface area contributed by atoms with Crippen molar-refractivity contribution in [3.63, 3.8) is 0 Å². The first-order valence-electron chi connectivity index (χ1n) is 10.1. The number of hydrogen-bond acceptors (Lipinski definition) is 5. The normalized spacial score (nSPS) is 13.5. The Morgan fingerprint density at radius 3 is 2.97 bits per heavy atom. The number of nitrogens with zero attached hydrogens (tertiary/aromatic N) is 4. The third-order valence-electron chi connectivity index (χ3n) is 5.48. The average Bonchev–Trinajstić information content (AvgIpc) is 3.28. The van der Waals surface area contributed by atoms with Gasteiger partial charge < -0.3 is 10.1 Å². The molecule has 0 aliphatic heterocycles. The van der Waals surface area contributed by atoms with Gasteiger partial charge in [-0.2, -0.15) is 10.2 Å². The highest BCUT2D eigenvalue weighted by molar-refractivity contribution is 6.09. The highest BCUT2D eigenvalue weighted by Crippen LogP contribution is 2.32. The summed E-state index contributed by atoms with van der Waals surface area (Å²) in [5.41, 5.74) is 2.36. The maximum absolute atomic E-state index is 14.7. The second-order valence-corrected chi connectivity index (χ2v) is 7.81. The van der Waals surface area contributed by atoms with E-state index in [1.54, 1.807) is 42.9 Å². The van der Waals surface area contributed by atoms with E-state index in [9.17, 15) is 9.18 Å². The molecule has 0 bridgehead atoms. The van der Waals surface area contributed by atoms with E-state index in [-0.39, 0.29) is 17.3 Å². The van der Waals surface area contributed by atoms with E-state index >= 15 is 0 Å². The molecule has 1 aromatic carbocycles. The summed E-state index contributed by atoms with van der Waals surface area (Å²) in [6.45, 7) is 1.74. The summed E-state index contributed by atoms with van der Waals surface area (Å²) in [6.07, 6.45) is 6.39. The summed E-state index contributed by atoms with van der Waals surface area (Å²) in [7, 11) is 1.57. The lowest BCUT2D eigenvalue weighted by Crippen LogP contribution is -2.13. The average molecular weight is 420 g/mol. The van der Waals surface area contributed by atoms with Crippen molar-refractivity contribution in [2.24, 2.45) is 5.92 Å². The van der Waals surface area contributed by atoms with Crippen LogP contribution in [0.5, 0.6) is 5.75 Å². The van der Waals surface area contributed by atoms with Crippen molar-refractivity contribution in [2.45, 2.75) is 26.2 Å². The summed E-state index contributed by atoms with van der Waals surface area (Å²) in [5, 5.41) is 14.1. The van der Waals surface area contributed by atoms with Crippen molar-refractivity contribution in [1.82, 2.24) is 24.8 Å². The van der Waals surface area contributed by atoms with Crippen molar-refractivity contribution in [3.05, 3.63) is 59.4 Å². The summed E-state index contributed by atoms with van der Waals surface area (Å²) < 4.78 is 21.4. The fraction of sp³-hybridized carbons (Fsp3) is 0.273.